The Bertz CT molecular complexity index is 765. The van der Waals surface area contributed by atoms with Crippen LogP contribution in [0.5, 0.6) is 0 Å². The van der Waals surface area contributed by atoms with E-state index in [-0.39, 0.29) is 0 Å². The van der Waals surface area contributed by atoms with Crippen LogP contribution in [0.1, 0.15) is 5.56 Å². The number of hydrogen-bond donors (Lipinski definition) is 1. The van der Waals surface area contributed by atoms with Gasteiger partial charge in [0.1, 0.15) is 5.82 Å². The molecular weight excluding hydrogens is 350 g/mol. The molecule has 106 valence electrons. The standard InChI is InChI=1S/C16H13BrClN3/c17-13-3-1-2-11(8-13)10-21-16(19)9-15(20-21)12-4-6-14(18)7-5-12/h1-9H,10,19H2. The summed E-state index contributed by atoms with van der Waals surface area (Å²) in [4.78, 5) is 0. The van der Waals surface area contributed by atoms with Crippen LogP contribution in [0.15, 0.2) is 59.1 Å². The molecule has 0 saturated carbocycles. The number of nitrogen functional groups attached to an aromatic ring is 1. The highest BCUT2D eigenvalue weighted by Gasteiger charge is 2.08. The fraction of sp³-hybridized carbons (Fsp3) is 0.0625. The molecule has 1 heterocycles. The summed E-state index contributed by atoms with van der Waals surface area (Å²) in [5.41, 5.74) is 9.04. The fourth-order valence-corrected chi connectivity index (χ4v) is 2.70. The Labute approximate surface area is 136 Å². The lowest BCUT2D eigenvalue weighted by atomic mass is 10.1. The van der Waals surface area contributed by atoms with Crippen molar-refractivity contribution in [2.45, 2.75) is 6.54 Å². The molecule has 3 aromatic rings. The molecule has 0 atom stereocenters. The zero-order chi connectivity index (χ0) is 14.8. The molecule has 3 nitrogen and oxygen atoms in total. The minimum absolute atomic E-state index is 0.638. The summed E-state index contributed by atoms with van der Waals surface area (Å²) < 4.78 is 2.84. The minimum atomic E-state index is 0.638. The van der Waals surface area contributed by atoms with E-state index in [1.165, 1.54) is 0 Å². The topological polar surface area (TPSA) is 43.8 Å². The molecule has 0 spiro atoms. The van der Waals surface area contributed by atoms with Crippen LogP contribution in [-0.4, -0.2) is 9.78 Å². The van der Waals surface area contributed by atoms with E-state index >= 15 is 0 Å². The zero-order valence-electron chi connectivity index (χ0n) is 11.1. The summed E-state index contributed by atoms with van der Waals surface area (Å²) in [5.74, 6) is 0.639. The van der Waals surface area contributed by atoms with Crippen molar-refractivity contribution in [2.75, 3.05) is 5.73 Å². The van der Waals surface area contributed by atoms with Gasteiger partial charge >= 0.3 is 0 Å². The summed E-state index contributed by atoms with van der Waals surface area (Å²) in [6.07, 6.45) is 0. The second-order valence-corrected chi connectivity index (χ2v) is 6.10. The molecule has 5 heteroatoms. The Kier molecular flexibility index (Phi) is 3.99. The Morgan fingerprint density at radius 1 is 1.10 bits per heavy atom. The maximum absolute atomic E-state index is 6.06. The average molecular weight is 363 g/mol. The zero-order valence-corrected chi connectivity index (χ0v) is 13.5. The SMILES string of the molecule is Nc1cc(-c2ccc(Cl)cc2)nn1Cc1cccc(Br)c1. The molecule has 0 fully saturated rings. The first-order valence-corrected chi connectivity index (χ1v) is 7.62. The number of halogens is 2. The highest BCUT2D eigenvalue weighted by Crippen LogP contribution is 2.23. The van der Waals surface area contributed by atoms with Crippen molar-refractivity contribution in [1.29, 1.82) is 0 Å². The molecule has 0 aliphatic rings. The van der Waals surface area contributed by atoms with Gasteiger partial charge in [0.25, 0.3) is 0 Å². The normalized spacial score (nSPS) is 10.8. The van der Waals surface area contributed by atoms with Gasteiger partial charge in [0, 0.05) is 21.1 Å². The quantitative estimate of drug-likeness (QED) is 0.740. The lowest BCUT2D eigenvalue weighted by molar-refractivity contribution is 0.699. The van der Waals surface area contributed by atoms with Crippen LogP contribution in [0.25, 0.3) is 11.3 Å². The molecule has 0 saturated heterocycles. The highest BCUT2D eigenvalue weighted by molar-refractivity contribution is 9.10. The summed E-state index contributed by atoms with van der Waals surface area (Å²) in [5, 5.41) is 5.28. The van der Waals surface area contributed by atoms with E-state index < -0.39 is 0 Å². The van der Waals surface area contributed by atoms with Gasteiger partial charge in [0.15, 0.2) is 0 Å². The van der Waals surface area contributed by atoms with Crippen molar-refractivity contribution >= 4 is 33.3 Å². The maximum Gasteiger partial charge on any atom is 0.122 e. The van der Waals surface area contributed by atoms with Crippen molar-refractivity contribution < 1.29 is 0 Å². The third-order valence-electron chi connectivity index (χ3n) is 3.17. The predicted molar refractivity (Wildman–Crippen MR) is 90.3 cm³/mol. The predicted octanol–water partition coefficient (Wildman–Crippen LogP) is 4.60. The number of benzene rings is 2. The van der Waals surface area contributed by atoms with E-state index in [1.54, 1.807) is 4.68 Å². The highest BCUT2D eigenvalue weighted by atomic mass is 79.9. The largest absolute Gasteiger partial charge is 0.384 e. The van der Waals surface area contributed by atoms with Gasteiger partial charge in [-0.05, 0) is 29.8 Å². The minimum Gasteiger partial charge on any atom is -0.384 e. The van der Waals surface area contributed by atoms with Crippen molar-refractivity contribution in [3.63, 3.8) is 0 Å². The van der Waals surface area contributed by atoms with Crippen LogP contribution in [0.2, 0.25) is 5.02 Å². The first-order valence-electron chi connectivity index (χ1n) is 6.45. The molecule has 21 heavy (non-hydrogen) atoms. The van der Waals surface area contributed by atoms with E-state index in [4.69, 9.17) is 17.3 Å². The van der Waals surface area contributed by atoms with Gasteiger partial charge in [-0.1, -0.05) is 51.8 Å². The second kappa shape index (κ2) is 5.92. The van der Waals surface area contributed by atoms with E-state index in [2.05, 4.69) is 27.1 Å². The van der Waals surface area contributed by atoms with Gasteiger partial charge in [-0.2, -0.15) is 5.10 Å². The van der Waals surface area contributed by atoms with Gasteiger partial charge in [0.2, 0.25) is 0 Å². The van der Waals surface area contributed by atoms with Crippen LogP contribution < -0.4 is 5.73 Å². The third kappa shape index (κ3) is 3.28. The van der Waals surface area contributed by atoms with Gasteiger partial charge in [-0.25, -0.2) is 4.68 Å². The van der Waals surface area contributed by atoms with E-state index in [1.807, 2.05) is 48.5 Å². The Hall–Kier alpha value is -1.78. The van der Waals surface area contributed by atoms with Crippen molar-refractivity contribution in [3.05, 3.63) is 69.7 Å². The number of hydrogen-bond acceptors (Lipinski definition) is 2. The van der Waals surface area contributed by atoms with E-state index in [0.717, 1.165) is 21.3 Å². The van der Waals surface area contributed by atoms with E-state index in [9.17, 15) is 0 Å². The number of nitrogens with two attached hydrogens (primary N) is 1. The third-order valence-corrected chi connectivity index (χ3v) is 3.92. The van der Waals surface area contributed by atoms with Gasteiger partial charge in [-0.3, -0.25) is 0 Å². The van der Waals surface area contributed by atoms with Crippen molar-refractivity contribution in [3.8, 4) is 11.3 Å². The Morgan fingerprint density at radius 3 is 2.57 bits per heavy atom. The summed E-state index contributed by atoms with van der Waals surface area (Å²) in [6, 6.07) is 17.5. The molecule has 0 aliphatic carbocycles. The van der Waals surface area contributed by atoms with Crippen molar-refractivity contribution in [1.82, 2.24) is 9.78 Å². The lowest BCUT2D eigenvalue weighted by Gasteiger charge is -2.04. The van der Waals surface area contributed by atoms with E-state index in [0.29, 0.717) is 17.4 Å². The van der Waals surface area contributed by atoms with Crippen LogP contribution in [0, 0.1) is 0 Å². The molecule has 0 unspecified atom stereocenters. The number of rotatable bonds is 3. The second-order valence-electron chi connectivity index (χ2n) is 4.75. The number of anilines is 1. The molecule has 2 N–H and O–H groups in total. The van der Waals surface area contributed by atoms with Crippen LogP contribution in [-0.2, 0) is 6.54 Å². The molecule has 2 aromatic carbocycles. The summed E-state index contributed by atoms with van der Waals surface area (Å²) in [6.45, 7) is 0.638. The average Bonchev–Trinajstić information content (AvgIpc) is 2.81. The molecule has 0 aliphatic heterocycles. The lowest BCUT2D eigenvalue weighted by Crippen LogP contribution is -2.05. The molecule has 0 amide bonds. The monoisotopic (exact) mass is 361 g/mol. The molecule has 3 rings (SSSR count). The maximum atomic E-state index is 6.06. The molecule has 1 aromatic heterocycles. The van der Waals surface area contributed by atoms with Crippen LogP contribution in [0.3, 0.4) is 0 Å². The first kappa shape index (κ1) is 14.2. The molecule has 0 radical (unpaired) electrons. The van der Waals surface area contributed by atoms with Crippen LogP contribution >= 0.6 is 27.5 Å². The Morgan fingerprint density at radius 2 is 1.86 bits per heavy atom. The fourth-order valence-electron chi connectivity index (χ4n) is 2.13. The number of nitrogens with zero attached hydrogens (tertiary/aromatic N) is 2. The van der Waals surface area contributed by atoms with Gasteiger partial charge < -0.3 is 5.73 Å². The van der Waals surface area contributed by atoms with Gasteiger partial charge in [0.05, 0.1) is 12.2 Å². The van der Waals surface area contributed by atoms with Crippen LogP contribution in [0.4, 0.5) is 5.82 Å². The summed E-state index contributed by atoms with van der Waals surface area (Å²) >= 11 is 9.37. The summed E-state index contributed by atoms with van der Waals surface area (Å²) in [7, 11) is 0. The molecule has 0 bridgehead atoms. The smallest absolute Gasteiger partial charge is 0.122 e. The van der Waals surface area contributed by atoms with Crippen molar-refractivity contribution in [2.24, 2.45) is 0 Å². The Balaban J connectivity index is 1.89. The van der Waals surface area contributed by atoms with Gasteiger partial charge in [-0.15, -0.1) is 0 Å². The number of aromatic nitrogens is 2. The first-order chi connectivity index (χ1) is 10.1. The molecular formula is C16H13BrClN3.